The lowest BCUT2D eigenvalue weighted by Crippen LogP contribution is -2.09. The number of pyridine rings is 2. The molecule has 0 spiro atoms. The molecule has 0 saturated heterocycles. The number of nitrogens with zero attached hydrogens (tertiary/aromatic N) is 2. The molecule has 0 saturated carbocycles. The van der Waals surface area contributed by atoms with Crippen LogP contribution in [0.3, 0.4) is 0 Å². The maximum Gasteiger partial charge on any atom is 0.0647 e. The minimum absolute atomic E-state index is 0.560. The van der Waals surface area contributed by atoms with Crippen molar-refractivity contribution in [2.24, 2.45) is 0 Å². The van der Waals surface area contributed by atoms with E-state index in [1.54, 1.807) is 0 Å². The van der Waals surface area contributed by atoms with Crippen LogP contribution in [0.15, 0.2) is 109 Å². The zero-order valence-electron chi connectivity index (χ0n) is 20.4. The maximum atomic E-state index is 8.25. The number of benzene rings is 4. The van der Waals surface area contributed by atoms with E-state index in [0.717, 1.165) is 41.3 Å². The molecule has 4 heteroatoms. The third-order valence-electron chi connectivity index (χ3n) is 7.58. The second-order valence-corrected chi connectivity index (χ2v) is 9.91. The van der Waals surface area contributed by atoms with Gasteiger partial charge in [0, 0.05) is 36.3 Å². The maximum absolute atomic E-state index is 8.25. The van der Waals surface area contributed by atoms with E-state index < -0.39 is 0 Å². The van der Waals surface area contributed by atoms with Crippen LogP contribution >= 0.6 is 0 Å². The zero-order valence-corrected chi connectivity index (χ0v) is 20.4. The van der Waals surface area contributed by atoms with Crippen molar-refractivity contribution in [1.82, 2.24) is 9.13 Å². The molecule has 0 fully saturated rings. The lowest BCUT2D eigenvalue weighted by atomic mass is 10.0. The third kappa shape index (κ3) is 3.69. The standard InChI is InChI=1S/C33H26N4/c34-30-13-15-36(32-7-3-1-5-26(30)32)20-22-9-11-24-19-25-12-10-23(18-29(25)28(24)17-22)21-37-16-14-31(35)27-6-2-4-8-33(27)37/h1-18,34-35H,19-21H2. The fourth-order valence-electron chi connectivity index (χ4n) is 5.70. The molecule has 178 valence electrons. The Kier molecular flexibility index (Phi) is 4.93. The predicted molar refractivity (Wildman–Crippen MR) is 148 cm³/mol. The molecule has 0 bridgehead atoms. The van der Waals surface area contributed by atoms with Crippen LogP contribution in [0.1, 0.15) is 22.3 Å². The first-order chi connectivity index (χ1) is 18.1. The summed E-state index contributed by atoms with van der Waals surface area (Å²) in [6.07, 6.45) is 5.01. The predicted octanol–water partition coefficient (Wildman–Crippen LogP) is 6.22. The van der Waals surface area contributed by atoms with Gasteiger partial charge in [0.15, 0.2) is 0 Å². The van der Waals surface area contributed by atoms with Gasteiger partial charge in [0.2, 0.25) is 0 Å². The molecule has 0 aliphatic heterocycles. The van der Waals surface area contributed by atoms with Gasteiger partial charge in [-0.25, -0.2) is 0 Å². The van der Waals surface area contributed by atoms with E-state index in [4.69, 9.17) is 10.8 Å². The van der Waals surface area contributed by atoms with E-state index in [-0.39, 0.29) is 0 Å². The van der Waals surface area contributed by atoms with Crippen LogP contribution in [0.2, 0.25) is 0 Å². The number of aromatic nitrogens is 2. The fraction of sp³-hybridized carbons (Fsp3) is 0.0909. The van der Waals surface area contributed by atoms with Gasteiger partial charge in [-0.05, 0) is 76.2 Å². The van der Waals surface area contributed by atoms with Crippen molar-refractivity contribution in [3.8, 4) is 11.1 Å². The molecule has 6 aromatic rings. The summed E-state index contributed by atoms with van der Waals surface area (Å²) in [7, 11) is 0. The summed E-state index contributed by atoms with van der Waals surface area (Å²) in [5.74, 6) is 0. The summed E-state index contributed by atoms with van der Waals surface area (Å²) in [5.41, 5.74) is 10.1. The van der Waals surface area contributed by atoms with E-state index in [1.165, 1.54) is 33.4 Å². The molecule has 0 unspecified atom stereocenters. The SMILES string of the molecule is N=c1ccn(Cc2ccc3c(c2)-c2cc(Cn4ccc(=N)c5ccccc54)ccc2C3)c2ccccc12. The summed E-state index contributed by atoms with van der Waals surface area (Å²) in [6.45, 7) is 1.54. The van der Waals surface area contributed by atoms with Crippen LogP contribution < -0.4 is 10.7 Å². The largest absolute Gasteiger partial charge is 0.343 e. The second-order valence-electron chi connectivity index (χ2n) is 9.91. The first-order valence-corrected chi connectivity index (χ1v) is 12.6. The molecule has 1 aliphatic rings. The van der Waals surface area contributed by atoms with Crippen LogP contribution in [0.4, 0.5) is 0 Å². The summed E-state index contributed by atoms with van der Waals surface area (Å²) in [4.78, 5) is 0. The molecular weight excluding hydrogens is 452 g/mol. The Balaban J connectivity index is 1.24. The van der Waals surface area contributed by atoms with Crippen LogP contribution in [0.5, 0.6) is 0 Å². The Hall–Kier alpha value is -4.70. The summed E-state index contributed by atoms with van der Waals surface area (Å²) >= 11 is 0. The number of rotatable bonds is 4. The monoisotopic (exact) mass is 478 g/mol. The van der Waals surface area contributed by atoms with Crippen LogP contribution in [-0.2, 0) is 19.5 Å². The van der Waals surface area contributed by atoms with Gasteiger partial charge in [-0.3, -0.25) is 0 Å². The zero-order chi connectivity index (χ0) is 24.9. The van der Waals surface area contributed by atoms with E-state index in [9.17, 15) is 0 Å². The van der Waals surface area contributed by atoms with Gasteiger partial charge < -0.3 is 20.0 Å². The van der Waals surface area contributed by atoms with Gasteiger partial charge in [-0.2, -0.15) is 0 Å². The van der Waals surface area contributed by atoms with E-state index >= 15 is 0 Å². The third-order valence-corrected chi connectivity index (χ3v) is 7.58. The van der Waals surface area contributed by atoms with Gasteiger partial charge >= 0.3 is 0 Å². The highest BCUT2D eigenvalue weighted by atomic mass is 14.9. The molecule has 2 aromatic heterocycles. The van der Waals surface area contributed by atoms with Gasteiger partial charge in [-0.1, -0.05) is 60.7 Å². The Morgan fingerprint density at radius 1 is 0.541 bits per heavy atom. The molecule has 7 rings (SSSR count). The molecule has 37 heavy (non-hydrogen) atoms. The number of hydrogen-bond acceptors (Lipinski definition) is 2. The Morgan fingerprint density at radius 2 is 1.00 bits per heavy atom. The highest BCUT2D eigenvalue weighted by Crippen LogP contribution is 2.38. The van der Waals surface area contributed by atoms with E-state index in [0.29, 0.717) is 10.7 Å². The average Bonchev–Trinajstić information content (AvgIpc) is 3.29. The smallest absolute Gasteiger partial charge is 0.0647 e. The molecule has 0 atom stereocenters. The van der Waals surface area contributed by atoms with Crippen molar-refractivity contribution in [2.75, 3.05) is 0 Å². The number of para-hydroxylation sites is 2. The topological polar surface area (TPSA) is 57.6 Å². The van der Waals surface area contributed by atoms with Crippen molar-refractivity contribution in [1.29, 1.82) is 10.8 Å². The Labute approximate surface area is 214 Å². The van der Waals surface area contributed by atoms with Gasteiger partial charge in [0.25, 0.3) is 0 Å². The van der Waals surface area contributed by atoms with Crippen LogP contribution in [0, 0.1) is 10.8 Å². The summed E-state index contributed by atoms with van der Waals surface area (Å²) in [5, 5.41) is 19.6. The highest BCUT2D eigenvalue weighted by molar-refractivity contribution is 5.80. The summed E-state index contributed by atoms with van der Waals surface area (Å²) in [6, 6.07) is 33.8. The minimum atomic E-state index is 0.560. The highest BCUT2D eigenvalue weighted by Gasteiger charge is 2.19. The van der Waals surface area contributed by atoms with Crippen molar-refractivity contribution in [2.45, 2.75) is 19.5 Å². The van der Waals surface area contributed by atoms with Crippen molar-refractivity contribution < 1.29 is 0 Å². The van der Waals surface area contributed by atoms with E-state index in [2.05, 4.69) is 57.7 Å². The molecule has 2 N–H and O–H groups in total. The Bertz CT molecular complexity index is 1820. The van der Waals surface area contributed by atoms with Gasteiger partial charge in [-0.15, -0.1) is 0 Å². The molecular formula is C33H26N4. The fourth-order valence-corrected chi connectivity index (χ4v) is 5.70. The molecule has 4 aromatic carbocycles. The molecule has 0 radical (unpaired) electrons. The lowest BCUT2D eigenvalue weighted by molar-refractivity contribution is 0.823. The number of nitrogens with one attached hydrogen (secondary N) is 2. The van der Waals surface area contributed by atoms with Crippen LogP contribution in [0.25, 0.3) is 32.9 Å². The normalized spacial score (nSPS) is 12.1. The van der Waals surface area contributed by atoms with Gasteiger partial charge in [0.05, 0.1) is 21.7 Å². The van der Waals surface area contributed by atoms with Crippen LogP contribution in [-0.4, -0.2) is 9.13 Å². The lowest BCUT2D eigenvalue weighted by Gasteiger charge is -2.14. The minimum Gasteiger partial charge on any atom is -0.343 e. The van der Waals surface area contributed by atoms with Gasteiger partial charge in [0.1, 0.15) is 0 Å². The number of hydrogen-bond donors (Lipinski definition) is 2. The first-order valence-electron chi connectivity index (χ1n) is 12.6. The molecule has 4 nitrogen and oxygen atoms in total. The summed E-state index contributed by atoms with van der Waals surface area (Å²) < 4.78 is 4.47. The molecule has 2 heterocycles. The quantitative estimate of drug-likeness (QED) is 0.302. The van der Waals surface area contributed by atoms with Crippen molar-refractivity contribution >= 4 is 21.8 Å². The molecule has 0 amide bonds. The van der Waals surface area contributed by atoms with Crippen molar-refractivity contribution in [3.63, 3.8) is 0 Å². The Morgan fingerprint density at radius 3 is 1.49 bits per heavy atom. The van der Waals surface area contributed by atoms with Crippen molar-refractivity contribution in [3.05, 3.63) is 142 Å². The first kappa shape index (κ1) is 21.6. The second kappa shape index (κ2) is 8.45. The average molecular weight is 479 g/mol. The number of fused-ring (bicyclic) bond motifs is 5. The molecule has 1 aliphatic carbocycles. The van der Waals surface area contributed by atoms with E-state index in [1.807, 2.05) is 60.9 Å².